The standard InChI is InChI=1S/C13H13NOS/c1-14-7-10(9-4-5-9)11(8-14)13(15)12-3-2-6-16-12/h2-3,6-9H,4-5H2,1H3. The number of nitrogens with zero attached hydrogens (tertiary/aromatic N) is 1. The number of aromatic nitrogens is 1. The van der Waals surface area contributed by atoms with Crippen LogP contribution in [0, 0.1) is 0 Å². The first kappa shape index (κ1) is 9.85. The largest absolute Gasteiger partial charge is 0.356 e. The van der Waals surface area contributed by atoms with Gasteiger partial charge >= 0.3 is 0 Å². The smallest absolute Gasteiger partial charge is 0.204 e. The van der Waals surface area contributed by atoms with Crippen LogP contribution in [0.5, 0.6) is 0 Å². The number of hydrogen-bond acceptors (Lipinski definition) is 2. The van der Waals surface area contributed by atoms with E-state index in [0.717, 1.165) is 10.4 Å². The summed E-state index contributed by atoms with van der Waals surface area (Å²) in [5.41, 5.74) is 2.13. The van der Waals surface area contributed by atoms with Crippen LogP contribution in [-0.2, 0) is 7.05 Å². The highest BCUT2D eigenvalue weighted by Crippen LogP contribution is 2.42. The first-order chi connectivity index (χ1) is 7.75. The third-order valence-corrected chi connectivity index (χ3v) is 3.86. The minimum Gasteiger partial charge on any atom is -0.356 e. The molecule has 0 unspecified atom stereocenters. The van der Waals surface area contributed by atoms with Crippen LogP contribution >= 0.6 is 11.3 Å². The lowest BCUT2D eigenvalue weighted by Crippen LogP contribution is -2.00. The van der Waals surface area contributed by atoms with Gasteiger partial charge in [-0.15, -0.1) is 11.3 Å². The monoisotopic (exact) mass is 231 g/mol. The average Bonchev–Trinajstić information content (AvgIpc) is 2.83. The Kier molecular flexibility index (Phi) is 2.21. The molecule has 0 saturated heterocycles. The molecule has 82 valence electrons. The van der Waals surface area contributed by atoms with Crippen molar-refractivity contribution in [2.75, 3.05) is 0 Å². The van der Waals surface area contributed by atoms with Crippen LogP contribution in [-0.4, -0.2) is 10.4 Å². The van der Waals surface area contributed by atoms with E-state index in [1.807, 2.05) is 35.3 Å². The van der Waals surface area contributed by atoms with Gasteiger partial charge in [-0.25, -0.2) is 0 Å². The van der Waals surface area contributed by atoms with Crippen LogP contribution in [0.25, 0.3) is 0 Å². The predicted molar refractivity (Wildman–Crippen MR) is 65.1 cm³/mol. The van der Waals surface area contributed by atoms with E-state index in [1.165, 1.54) is 29.7 Å². The summed E-state index contributed by atoms with van der Waals surface area (Å²) in [6.45, 7) is 0. The zero-order chi connectivity index (χ0) is 11.1. The molecule has 16 heavy (non-hydrogen) atoms. The summed E-state index contributed by atoms with van der Waals surface area (Å²) >= 11 is 1.52. The maximum Gasteiger partial charge on any atom is 0.204 e. The number of rotatable bonds is 3. The summed E-state index contributed by atoms with van der Waals surface area (Å²) in [6.07, 6.45) is 6.51. The molecule has 0 N–H and O–H groups in total. The van der Waals surface area contributed by atoms with Crippen molar-refractivity contribution in [3.8, 4) is 0 Å². The van der Waals surface area contributed by atoms with E-state index >= 15 is 0 Å². The molecule has 0 spiro atoms. The van der Waals surface area contributed by atoms with Gasteiger partial charge in [0.15, 0.2) is 0 Å². The Bertz CT molecular complexity index is 520. The van der Waals surface area contributed by atoms with Gasteiger partial charge in [-0.3, -0.25) is 4.79 Å². The van der Waals surface area contributed by atoms with Gasteiger partial charge in [0.25, 0.3) is 0 Å². The molecule has 0 radical (unpaired) electrons. The van der Waals surface area contributed by atoms with Crippen LogP contribution in [0.4, 0.5) is 0 Å². The Morgan fingerprint density at radius 1 is 1.44 bits per heavy atom. The molecule has 1 saturated carbocycles. The molecule has 3 rings (SSSR count). The van der Waals surface area contributed by atoms with E-state index in [4.69, 9.17) is 0 Å². The van der Waals surface area contributed by atoms with Gasteiger partial charge in [0.2, 0.25) is 5.78 Å². The number of hydrogen-bond donors (Lipinski definition) is 0. The number of carbonyl (C=O) groups excluding carboxylic acids is 1. The number of thiophene rings is 1. The lowest BCUT2D eigenvalue weighted by atomic mass is 10.1. The van der Waals surface area contributed by atoms with Crippen LogP contribution in [0.1, 0.15) is 39.6 Å². The van der Waals surface area contributed by atoms with E-state index in [2.05, 4.69) is 6.20 Å². The molecular weight excluding hydrogens is 218 g/mol. The van der Waals surface area contributed by atoms with Crippen LogP contribution in [0.15, 0.2) is 29.9 Å². The number of carbonyl (C=O) groups is 1. The molecule has 1 fully saturated rings. The van der Waals surface area contributed by atoms with E-state index < -0.39 is 0 Å². The van der Waals surface area contributed by atoms with Gasteiger partial charge in [-0.05, 0) is 35.8 Å². The predicted octanol–water partition coefficient (Wildman–Crippen LogP) is 3.20. The lowest BCUT2D eigenvalue weighted by molar-refractivity contribution is 0.104. The Balaban J connectivity index is 2.02. The molecule has 2 aromatic rings. The van der Waals surface area contributed by atoms with E-state index in [9.17, 15) is 4.79 Å². The maximum atomic E-state index is 12.3. The summed E-state index contributed by atoms with van der Waals surface area (Å²) < 4.78 is 1.99. The van der Waals surface area contributed by atoms with Crippen molar-refractivity contribution in [1.29, 1.82) is 0 Å². The van der Waals surface area contributed by atoms with E-state index in [-0.39, 0.29) is 5.78 Å². The molecule has 0 aromatic carbocycles. The molecule has 0 bridgehead atoms. The highest BCUT2D eigenvalue weighted by molar-refractivity contribution is 7.12. The summed E-state index contributed by atoms with van der Waals surface area (Å²) in [4.78, 5) is 13.1. The lowest BCUT2D eigenvalue weighted by Gasteiger charge is -1.98. The maximum absolute atomic E-state index is 12.3. The van der Waals surface area contributed by atoms with Crippen molar-refractivity contribution < 1.29 is 4.79 Å². The van der Waals surface area contributed by atoms with Crippen LogP contribution in [0.2, 0.25) is 0 Å². The summed E-state index contributed by atoms with van der Waals surface area (Å²) in [6, 6.07) is 3.83. The average molecular weight is 231 g/mol. The van der Waals surface area contributed by atoms with Crippen molar-refractivity contribution in [3.63, 3.8) is 0 Å². The topological polar surface area (TPSA) is 22.0 Å². The van der Waals surface area contributed by atoms with Crippen molar-refractivity contribution in [2.45, 2.75) is 18.8 Å². The van der Waals surface area contributed by atoms with Gasteiger partial charge < -0.3 is 4.57 Å². The van der Waals surface area contributed by atoms with Crippen molar-refractivity contribution >= 4 is 17.1 Å². The zero-order valence-electron chi connectivity index (χ0n) is 9.14. The Morgan fingerprint density at radius 2 is 2.25 bits per heavy atom. The Hall–Kier alpha value is -1.35. The molecule has 3 heteroatoms. The quantitative estimate of drug-likeness (QED) is 0.743. The van der Waals surface area contributed by atoms with Gasteiger partial charge in [0.1, 0.15) is 0 Å². The highest BCUT2D eigenvalue weighted by Gasteiger charge is 2.29. The first-order valence-corrected chi connectivity index (χ1v) is 6.38. The number of aryl methyl sites for hydroxylation is 1. The molecule has 2 aromatic heterocycles. The molecule has 2 heterocycles. The Labute approximate surface area is 98.5 Å². The summed E-state index contributed by atoms with van der Waals surface area (Å²) in [5, 5.41) is 1.95. The third kappa shape index (κ3) is 1.61. The molecule has 0 atom stereocenters. The van der Waals surface area contributed by atoms with Gasteiger partial charge in [0.05, 0.1) is 4.88 Å². The van der Waals surface area contributed by atoms with Crippen molar-refractivity contribution in [2.24, 2.45) is 7.05 Å². The molecule has 0 aliphatic heterocycles. The first-order valence-electron chi connectivity index (χ1n) is 5.50. The molecular formula is C13H13NOS. The number of ketones is 1. The van der Waals surface area contributed by atoms with Gasteiger partial charge in [-0.1, -0.05) is 6.07 Å². The molecule has 1 aliphatic rings. The second-order valence-electron chi connectivity index (χ2n) is 4.37. The molecule has 2 nitrogen and oxygen atoms in total. The summed E-state index contributed by atoms with van der Waals surface area (Å²) in [7, 11) is 1.98. The fourth-order valence-corrected chi connectivity index (χ4v) is 2.73. The SMILES string of the molecule is Cn1cc(C(=O)c2cccs2)c(C2CC2)c1. The zero-order valence-corrected chi connectivity index (χ0v) is 9.96. The van der Waals surface area contributed by atoms with Crippen molar-refractivity contribution in [1.82, 2.24) is 4.57 Å². The fourth-order valence-electron chi connectivity index (χ4n) is 2.05. The minimum atomic E-state index is 0.178. The fraction of sp³-hybridized carbons (Fsp3) is 0.308. The molecule has 0 amide bonds. The second-order valence-corrected chi connectivity index (χ2v) is 5.32. The van der Waals surface area contributed by atoms with Crippen LogP contribution in [0.3, 0.4) is 0 Å². The van der Waals surface area contributed by atoms with Crippen LogP contribution < -0.4 is 0 Å². The minimum absolute atomic E-state index is 0.178. The van der Waals surface area contributed by atoms with Gasteiger partial charge in [0, 0.05) is 25.0 Å². The highest BCUT2D eigenvalue weighted by atomic mass is 32.1. The summed E-state index contributed by atoms with van der Waals surface area (Å²) in [5.74, 6) is 0.803. The molecule has 1 aliphatic carbocycles. The normalized spacial score (nSPS) is 15.3. The van der Waals surface area contributed by atoms with Crippen molar-refractivity contribution in [3.05, 3.63) is 45.9 Å². The second kappa shape index (κ2) is 3.59. The third-order valence-electron chi connectivity index (χ3n) is 2.99. The Morgan fingerprint density at radius 3 is 2.88 bits per heavy atom. The van der Waals surface area contributed by atoms with E-state index in [0.29, 0.717) is 5.92 Å². The van der Waals surface area contributed by atoms with Gasteiger partial charge in [-0.2, -0.15) is 0 Å². The van der Waals surface area contributed by atoms with E-state index in [1.54, 1.807) is 0 Å².